The average molecular weight is 306 g/mol. The number of ether oxygens (including phenoxy) is 1. The van der Waals surface area contributed by atoms with Gasteiger partial charge >= 0.3 is 5.97 Å². The molecule has 0 atom stereocenters. The molecule has 0 unspecified atom stereocenters. The Morgan fingerprint density at radius 2 is 1.90 bits per heavy atom. The van der Waals surface area contributed by atoms with Gasteiger partial charge in [-0.15, -0.1) is 0 Å². The van der Waals surface area contributed by atoms with Crippen molar-refractivity contribution in [2.24, 2.45) is 5.92 Å². The van der Waals surface area contributed by atoms with Crippen LogP contribution >= 0.6 is 0 Å². The second-order valence-electron chi connectivity index (χ2n) is 5.70. The number of carbonyl (C=O) groups excluding carboxylic acids is 1. The van der Waals surface area contributed by atoms with Gasteiger partial charge in [0.1, 0.15) is 0 Å². The van der Waals surface area contributed by atoms with Crippen molar-refractivity contribution in [2.75, 3.05) is 18.1 Å². The van der Waals surface area contributed by atoms with Crippen LogP contribution in [0.4, 0.5) is 0 Å². The summed E-state index contributed by atoms with van der Waals surface area (Å²) < 4.78 is 28.8. The molecule has 118 valence electrons. The lowest BCUT2D eigenvalue weighted by molar-refractivity contribution is -0.150. The number of aliphatic hydroxyl groups is 1. The number of esters is 1. The van der Waals surface area contributed by atoms with Crippen LogP contribution in [-0.4, -0.2) is 43.2 Å². The molecule has 0 aromatic rings. The van der Waals surface area contributed by atoms with Gasteiger partial charge in [-0.2, -0.15) is 0 Å². The first-order chi connectivity index (χ1) is 9.32. The van der Waals surface area contributed by atoms with Crippen LogP contribution in [0, 0.1) is 5.92 Å². The molecule has 0 amide bonds. The van der Waals surface area contributed by atoms with Crippen molar-refractivity contribution in [1.82, 2.24) is 0 Å². The zero-order valence-electron chi connectivity index (χ0n) is 12.4. The molecule has 1 aliphatic rings. The quantitative estimate of drug-likeness (QED) is 0.724. The predicted molar refractivity (Wildman–Crippen MR) is 77.1 cm³/mol. The lowest BCUT2D eigenvalue weighted by atomic mass is 9.80. The second-order valence-corrected chi connectivity index (χ2v) is 7.88. The highest BCUT2D eigenvalue weighted by atomic mass is 32.2. The summed E-state index contributed by atoms with van der Waals surface area (Å²) in [5.74, 6) is -0.486. The van der Waals surface area contributed by atoms with Crippen LogP contribution in [0.5, 0.6) is 0 Å². The fourth-order valence-corrected chi connectivity index (χ4v) is 4.62. The Morgan fingerprint density at radius 1 is 1.30 bits per heavy atom. The summed E-state index contributed by atoms with van der Waals surface area (Å²) in [5, 5.41) is 10.4. The molecule has 5 nitrogen and oxygen atoms in total. The third kappa shape index (κ3) is 5.40. The molecule has 1 N–H and O–H groups in total. The first kappa shape index (κ1) is 17.4. The summed E-state index contributed by atoms with van der Waals surface area (Å²) in [4.78, 5) is 11.6. The van der Waals surface area contributed by atoms with Gasteiger partial charge in [-0.3, -0.25) is 4.79 Å². The highest BCUT2D eigenvalue weighted by Gasteiger charge is 2.39. The zero-order chi connectivity index (χ0) is 15.2. The highest BCUT2D eigenvalue weighted by Crippen LogP contribution is 2.34. The molecule has 0 spiro atoms. The predicted octanol–water partition coefficient (Wildman–Crippen LogP) is 1.69. The topological polar surface area (TPSA) is 80.7 Å². The molecule has 1 aliphatic carbocycles. The molecule has 1 rings (SSSR count). The number of unbranched alkanes of at least 4 members (excludes halogenated alkanes) is 1. The number of hydrogen-bond donors (Lipinski definition) is 1. The first-order valence-electron chi connectivity index (χ1n) is 7.41. The molecular weight excluding hydrogens is 280 g/mol. The van der Waals surface area contributed by atoms with E-state index in [4.69, 9.17) is 4.74 Å². The third-order valence-corrected chi connectivity index (χ3v) is 5.72. The SMILES string of the molecule is CCCCS(=O)(=O)CC1(O)CCC(C(=O)OCC)CC1. The molecule has 6 heteroatoms. The van der Waals surface area contributed by atoms with Crippen LogP contribution in [-0.2, 0) is 19.4 Å². The van der Waals surface area contributed by atoms with Gasteiger partial charge in [-0.1, -0.05) is 13.3 Å². The maximum atomic E-state index is 11.9. The van der Waals surface area contributed by atoms with Crippen molar-refractivity contribution in [3.63, 3.8) is 0 Å². The molecule has 20 heavy (non-hydrogen) atoms. The Hall–Kier alpha value is -0.620. The van der Waals surface area contributed by atoms with Gasteiger partial charge in [0, 0.05) is 0 Å². The Balaban J connectivity index is 2.51. The lowest BCUT2D eigenvalue weighted by Crippen LogP contribution is -2.42. The van der Waals surface area contributed by atoms with Gasteiger partial charge in [0.15, 0.2) is 9.84 Å². The molecule has 0 aromatic heterocycles. The Labute approximate surface area is 121 Å². The van der Waals surface area contributed by atoms with E-state index in [-0.39, 0.29) is 23.4 Å². The monoisotopic (exact) mass is 306 g/mol. The minimum atomic E-state index is -3.22. The first-order valence-corrected chi connectivity index (χ1v) is 9.23. The normalized spacial score (nSPS) is 27.2. The van der Waals surface area contributed by atoms with Crippen LogP contribution in [0.2, 0.25) is 0 Å². The van der Waals surface area contributed by atoms with Crippen LogP contribution in [0.1, 0.15) is 52.4 Å². The van der Waals surface area contributed by atoms with Gasteiger partial charge in [0.05, 0.1) is 29.6 Å². The van der Waals surface area contributed by atoms with Crippen LogP contribution < -0.4 is 0 Å². The van der Waals surface area contributed by atoms with Crippen molar-refractivity contribution in [3.05, 3.63) is 0 Å². The lowest BCUT2D eigenvalue weighted by Gasteiger charge is -2.34. The Kier molecular flexibility index (Phi) is 6.45. The van der Waals surface area contributed by atoms with Gasteiger partial charge < -0.3 is 9.84 Å². The van der Waals surface area contributed by atoms with Crippen LogP contribution in [0.15, 0.2) is 0 Å². The molecule has 0 bridgehead atoms. The molecular formula is C14H26O5S. The molecule has 0 aromatic carbocycles. The minimum absolute atomic E-state index is 0.132. The van der Waals surface area contributed by atoms with E-state index in [0.29, 0.717) is 38.7 Å². The fraction of sp³-hybridized carbons (Fsp3) is 0.929. The standard InChI is InChI=1S/C14H26O5S/c1-3-5-10-20(17,18)11-14(16)8-6-12(7-9-14)13(15)19-4-2/h12,16H,3-11H2,1-2H3. The van der Waals surface area contributed by atoms with E-state index in [0.717, 1.165) is 6.42 Å². The van der Waals surface area contributed by atoms with E-state index < -0.39 is 15.4 Å². The zero-order valence-corrected chi connectivity index (χ0v) is 13.2. The van der Waals surface area contributed by atoms with Crippen molar-refractivity contribution < 1.29 is 23.1 Å². The van der Waals surface area contributed by atoms with Gasteiger partial charge in [0.25, 0.3) is 0 Å². The molecule has 0 aliphatic heterocycles. The van der Waals surface area contributed by atoms with Crippen molar-refractivity contribution in [1.29, 1.82) is 0 Å². The van der Waals surface area contributed by atoms with Crippen molar-refractivity contribution >= 4 is 15.8 Å². The maximum absolute atomic E-state index is 11.9. The van der Waals surface area contributed by atoms with Crippen molar-refractivity contribution in [3.8, 4) is 0 Å². The molecule has 1 saturated carbocycles. The average Bonchev–Trinajstić information content (AvgIpc) is 2.36. The summed E-state index contributed by atoms with van der Waals surface area (Å²) in [6, 6.07) is 0. The van der Waals surface area contributed by atoms with E-state index in [9.17, 15) is 18.3 Å². The number of carbonyl (C=O) groups is 1. The summed E-state index contributed by atoms with van der Waals surface area (Å²) in [5.41, 5.74) is -1.17. The van der Waals surface area contributed by atoms with Gasteiger partial charge in [-0.05, 0) is 39.0 Å². The number of rotatable bonds is 7. The fourth-order valence-electron chi connectivity index (χ4n) is 2.64. The van der Waals surface area contributed by atoms with Crippen LogP contribution in [0.3, 0.4) is 0 Å². The summed E-state index contributed by atoms with van der Waals surface area (Å²) in [6.07, 6.45) is 3.15. The molecule has 0 heterocycles. The minimum Gasteiger partial charge on any atom is -0.466 e. The van der Waals surface area contributed by atoms with E-state index in [1.807, 2.05) is 6.92 Å². The van der Waals surface area contributed by atoms with E-state index in [2.05, 4.69) is 0 Å². The molecule has 1 fully saturated rings. The van der Waals surface area contributed by atoms with E-state index >= 15 is 0 Å². The van der Waals surface area contributed by atoms with E-state index in [1.165, 1.54) is 0 Å². The Bertz CT molecular complexity index is 407. The molecule has 0 saturated heterocycles. The van der Waals surface area contributed by atoms with Crippen LogP contribution in [0.25, 0.3) is 0 Å². The summed E-state index contributed by atoms with van der Waals surface area (Å²) in [6.45, 7) is 4.05. The van der Waals surface area contributed by atoms with Gasteiger partial charge in [0.2, 0.25) is 0 Å². The van der Waals surface area contributed by atoms with Gasteiger partial charge in [-0.25, -0.2) is 8.42 Å². The smallest absolute Gasteiger partial charge is 0.308 e. The summed E-state index contributed by atoms with van der Waals surface area (Å²) >= 11 is 0. The number of sulfone groups is 1. The largest absolute Gasteiger partial charge is 0.466 e. The number of hydrogen-bond acceptors (Lipinski definition) is 5. The Morgan fingerprint density at radius 3 is 2.40 bits per heavy atom. The summed E-state index contributed by atoms with van der Waals surface area (Å²) in [7, 11) is -3.22. The highest BCUT2D eigenvalue weighted by molar-refractivity contribution is 7.91. The van der Waals surface area contributed by atoms with E-state index in [1.54, 1.807) is 6.92 Å². The second kappa shape index (κ2) is 7.41. The third-order valence-electron chi connectivity index (χ3n) is 3.83. The maximum Gasteiger partial charge on any atom is 0.308 e. The van der Waals surface area contributed by atoms with Crippen molar-refractivity contribution in [2.45, 2.75) is 58.0 Å². The molecule has 0 radical (unpaired) electrons.